The van der Waals surface area contributed by atoms with Crippen LogP contribution in [0.1, 0.15) is 20.8 Å². The van der Waals surface area contributed by atoms with Crippen molar-refractivity contribution >= 4 is 22.0 Å². The van der Waals surface area contributed by atoms with Crippen LogP contribution in [0.2, 0.25) is 0 Å². The lowest BCUT2D eigenvalue weighted by atomic mass is 10.2. The third-order valence-corrected chi connectivity index (χ3v) is 2.15. The van der Waals surface area contributed by atoms with Gasteiger partial charge in [-0.25, -0.2) is 4.79 Å². The van der Waals surface area contributed by atoms with E-state index in [0.717, 1.165) is 4.47 Å². The number of aromatic nitrogens is 1. The van der Waals surface area contributed by atoms with Gasteiger partial charge in [0, 0.05) is 10.7 Å². The highest BCUT2D eigenvalue weighted by Gasteiger charge is 2.15. The van der Waals surface area contributed by atoms with Gasteiger partial charge in [0.15, 0.2) is 0 Å². The van der Waals surface area contributed by atoms with Gasteiger partial charge in [0.05, 0.1) is 12.7 Å². The Morgan fingerprint density at radius 2 is 2.17 bits per heavy atom. The Bertz CT molecular complexity index is 405. The number of nitrogens with zero attached hydrogens (tertiary/aromatic N) is 1. The van der Waals surface area contributed by atoms with Gasteiger partial charge in [0.25, 0.3) is 0 Å². The number of pyridine rings is 1. The number of rotatable bonds is 4. The minimum atomic E-state index is -0.487. The number of hydrogen-bond donors (Lipinski definition) is 1. The third kappa shape index (κ3) is 6.44. The summed E-state index contributed by atoms with van der Waals surface area (Å²) in [6, 6.07) is 1.81. The Balaban J connectivity index is 2.21. The summed E-state index contributed by atoms with van der Waals surface area (Å²) >= 11 is 3.30. The number of nitrogens with one attached hydrogen (secondary N) is 1. The highest BCUT2D eigenvalue weighted by molar-refractivity contribution is 9.10. The lowest BCUT2D eigenvalue weighted by Crippen LogP contribution is -2.34. The highest BCUT2D eigenvalue weighted by atomic mass is 79.9. The van der Waals surface area contributed by atoms with E-state index in [4.69, 9.17) is 9.47 Å². The Morgan fingerprint density at radius 1 is 1.44 bits per heavy atom. The maximum absolute atomic E-state index is 11.3. The Kier molecular flexibility index (Phi) is 5.40. The molecule has 0 fully saturated rings. The van der Waals surface area contributed by atoms with E-state index in [0.29, 0.717) is 18.9 Å². The van der Waals surface area contributed by atoms with Crippen LogP contribution in [-0.4, -0.2) is 29.8 Å². The summed E-state index contributed by atoms with van der Waals surface area (Å²) in [5.74, 6) is 0.648. The smallest absolute Gasteiger partial charge is 0.407 e. The molecule has 18 heavy (non-hydrogen) atoms. The zero-order chi connectivity index (χ0) is 13.6. The van der Waals surface area contributed by atoms with E-state index in [9.17, 15) is 4.79 Å². The summed E-state index contributed by atoms with van der Waals surface area (Å²) in [5, 5.41) is 2.61. The lowest BCUT2D eigenvalue weighted by molar-refractivity contribution is 0.0520. The van der Waals surface area contributed by atoms with Gasteiger partial charge in [-0.05, 0) is 42.8 Å². The summed E-state index contributed by atoms with van der Waals surface area (Å²) in [6.07, 6.45) is 2.84. The van der Waals surface area contributed by atoms with Crippen molar-refractivity contribution in [1.82, 2.24) is 10.3 Å². The first-order valence-electron chi connectivity index (χ1n) is 5.57. The summed E-state index contributed by atoms with van der Waals surface area (Å²) in [6.45, 7) is 6.18. The van der Waals surface area contributed by atoms with Crippen LogP contribution < -0.4 is 10.1 Å². The summed E-state index contributed by atoms with van der Waals surface area (Å²) < 4.78 is 11.3. The molecular formula is C12H17BrN2O3. The van der Waals surface area contributed by atoms with Gasteiger partial charge in [-0.15, -0.1) is 0 Å². The van der Waals surface area contributed by atoms with Crippen molar-refractivity contribution in [3.05, 3.63) is 22.9 Å². The molecule has 1 amide bonds. The molecule has 0 bridgehead atoms. The third-order valence-electron chi connectivity index (χ3n) is 1.72. The molecule has 5 nitrogen and oxygen atoms in total. The van der Waals surface area contributed by atoms with E-state index in [1.807, 2.05) is 20.8 Å². The fraction of sp³-hybridized carbons (Fsp3) is 0.500. The monoisotopic (exact) mass is 316 g/mol. The maximum Gasteiger partial charge on any atom is 0.407 e. The standard InChI is InChI=1S/C12H17BrN2O3/c1-12(2,3)18-11(16)15-4-5-17-10-6-9(13)7-14-8-10/h6-8H,4-5H2,1-3H3,(H,15,16). The van der Waals surface area contributed by atoms with Crippen molar-refractivity contribution in [2.75, 3.05) is 13.2 Å². The van der Waals surface area contributed by atoms with Crippen molar-refractivity contribution in [3.8, 4) is 5.75 Å². The van der Waals surface area contributed by atoms with Gasteiger partial charge in [-0.2, -0.15) is 0 Å². The zero-order valence-corrected chi connectivity index (χ0v) is 12.3. The molecule has 0 aliphatic carbocycles. The first-order valence-corrected chi connectivity index (χ1v) is 6.36. The Morgan fingerprint density at radius 3 is 2.78 bits per heavy atom. The summed E-state index contributed by atoms with van der Waals surface area (Å²) in [7, 11) is 0. The molecule has 1 aromatic heterocycles. The Hall–Kier alpha value is -1.30. The molecule has 0 spiro atoms. The van der Waals surface area contributed by atoms with Crippen molar-refractivity contribution < 1.29 is 14.3 Å². The molecule has 1 heterocycles. The molecular weight excluding hydrogens is 300 g/mol. The molecule has 0 unspecified atom stereocenters. The van der Waals surface area contributed by atoms with Crippen LogP contribution in [0.4, 0.5) is 4.79 Å². The molecule has 0 atom stereocenters. The fourth-order valence-corrected chi connectivity index (χ4v) is 1.45. The molecule has 0 aliphatic heterocycles. The van der Waals surface area contributed by atoms with E-state index in [1.54, 1.807) is 18.5 Å². The molecule has 0 saturated heterocycles. The molecule has 1 rings (SSSR count). The van der Waals surface area contributed by atoms with Crippen molar-refractivity contribution in [2.24, 2.45) is 0 Å². The number of alkyl carbamates (subject to hydrolysis) is 1. The minimum absolute atomic E-state index is 0.359. The van der Waals surface area contributed by atoms with E-state index in [1.165, 1.54) is 0 Å². The van der Waals surface area contributed by atoms with Gasteiger partial charge in [-0.3, -0.25) is 4.98 Å². The van der Waals surface area contributed by atoms with Gasteiger partial charge in [-0.1, -0.05) is 0 Å². The van der Waals surface area contributed by atoms with Gasteiger partial charge in [0.2, 0.25) is 0 Å². The SMILES string of the molecule is CC(C)(C)OC(=O)NCCOc1cncc(Br)c1. The number of ether oxygens (including phenoxy) is 2. The van der Waals surface area contributed by atoms with Crippen LogP contribution in [0.5, 0.6) is 5.75 Å². The predicted octanol–water partition coefficient (Wildman–Crippen LogP) is 2.75. The molecule has 0 aromatic carbocycles. The Labute approximate surface area is 115 Å². The summed E-state index contributed by atoms with van der Waals surface area (Å²) in [5.41, 5.74) is -0.487. The van der Waals surface area contributed by atoms with Crippen molar-refractivity contribution in [3.63, 3.8) is 0 Å². The topological polar surface area (TPSA) is 60.5 Å². The van der Waals surface area contributed by atoms with Crippen LogP contribution in [-0.2, 0) is 4.74 Å². The average Bonchev–Trinajstić information content (AvgIpc) is 2.22. The van der Waals surface area contributed by atoms with E-state index >= 15 is 0 Å². The van der Waals surface area contributed by atoms with E-state index < -0.39 is 11.7 Å². The number of halogens is 1. The number of carbonyl (C=O) groups excluding carboxylic acids is 1. The zero-order valence-electron chi connectivity index (χ0n) is 10.7. The van der Waals surface area contributed by atoms with Gasteiger partial charge in [0.1, 0.15) is 18.0 Å². The number of carbonyl (C=O) groups is 1. The minimum Gasteiger partial charge on any atom is -0.490 e. The molecule has 100 valence electrons. The quantitative estimate of drug-likeness (QED) is 0.868. The van der Waals surface area contributed by atoms with Crippen LogP contribution in [0.15, 0.2) is 22.9 Å². The van der Waals surface area contributed by atoms with Crippen LogP contribution in [0, 0.1) is 0 Å². The van der Waals surface area contributed by atoms with Crippen LogP contribution in [0.25, 0.3) is 0 Å². The summed E-state index contributed by atoms with van der Waals surface area (Å²) in [4.78, 5) is 15.3. The van der Waals surface area contributed by atoms with Crippen molar-refractivity contribution in [2.45, 2.75) is 26.4 Å². The number of amides is 1. The second kappa shape index (κ2) is 6.58. The molecule has 1 aromatic rings. The predicted molar refractivity (Wildman–Crippen MR) is 71.7 cm³/mol. The first-order chi connectivity index (χ1) is 8.37. The highest BCUT2D eigenvalue weighted by Crippen LogP contribution is 2.15. The average molecular weight is 317 g/mol. The maximum atomic E-state index is 11.3. The lowest BCUT2D eigenvalue weighted by Gasteiger charge is -2.19. The fourth-order valence-electron chi connectivity index (χ4n) is 1.11. The second-order valence-corrected chi connectivity index (χ2v) is 5.53. The molecule has 0 radical (unpaired) electrons. The van der Waals surface area contributed by atoms with E-state index in [-0.39, 0.29) is 0 Å². The molecule has 0 saturated carbocycles. The molecule has 0 aliphatic rings. The normalized spacial score (nSPS) is 10.9. The van der Waals surface area contributed by atoms with E-state index in [2.05, 4.69) is 26.2 Å². The van der Waals surface area contributed by atoms with Gasteiger partial charge < -0.3 is 14.8 Å². The van der Waals surface area contributed by atoms with Crippen molar-refractivity contribution in [1.29, 1.82) is 0 Å². The first kappa shape index (κ1) is 14.8. The molecule has 1 N–H and O–H groups in total. The second-order valence-electron chi connectivity index (χ2n) is 4.62. The van der Waals surface area contributed by atoms with Gasteiger partial charge >= 0.3 is 6.09 Å². The molecule has 6 heteroatoms. The van der Waals surface area contributed by atoms with Crippen LogP contribution >= 0.6 is 15.9 Å². The number of hydrogen-bond acceptors (Lipinski definition) is 4. The van der Waals surface area contributed by atoms with Crippen LogP contribution in [0.3, 0.4) is 0 Å². The largest absolute Gasteiger partial charge is 0.490 e.